The average Bonchev–Trinajstić information content (AvgIpc) is 3.98. The number of pyridine rings is 1. The molecule has 2 saturated heterocycles. The van der Waals surface area contributed by atoms with E-state index in [2.05, 4.69) is 67.6 Å². The molecule has 3 amide bonds. The number of esters is 1. The lowest BCUT2D eigenvalue weighted by Crippen LogP contribution is -2.46. The summed E-state index contributed by atoms with van der Waals surface area (Å²) < 4.78 is 15.5. The maximum absolute atomic E-state index is 14.0. The van der Waals surface area contributed by atoms with Crippen LogP contribution < -0.4 is 25.2 Å². The number of amides is 3. The van der Waals surface area contributed by atoms with E-state index in [1.54, 1.807) is 0 Å². The van der Waals surface area contributed by atoms with E-state index in [9.17, 15) is 19.2 Å². The number of piperazine rings is 1. The number of aromatic nitrogens is 4. The predicted molar refractivity (Wildman–Crippen MR) is 298 cm³/mol. The minimum Gasteiger partial charge on any atom is -0.490 e. The molecule has 0 spiro atoms. The molecule has 3 aromatic heterocycles. The third kappa shape index (κ3) is 11.1. The molecule has 16 heteroatoms. The van der Waals surface area contributed by atoms with Crippen molar-refractivity contribution in [2.75, 3.05) is 54.4 Å². The van der Waals surface area contributed by atoms with Gasteiger partial charge in [-0.15, -0.1) is 0 Å². The molecule has 0 bridgehead atoms. The molecule has 1 saturated carbocycles. The quantitative estimate of drug-likeness (QED) is 0.0831. The summed E-state index contributed by atoms with van der Waals surface area (Å²) in [6, 6.07) is 30.2. The second-order valence-electron chi connectivity index (χ2n) is 22.0. The summed E-state index contributed by atoms with van der Waals surface area (Å²) in [5.74, 6) is 0.617. The topological polar surface area (TPSA) is 164 Å². The van der Waals surface area contributed by atoms with Crippen molar-refractivity contribution in [2.24, 2.45) is 13.0 Å². The highest BCUT2D eigenvalue weighted by atomic mass is 32.1. The lowest BCUT2D eigenvalue weighted by molar-refractivity contribution is -0.134. The van der Waals surface area contributed by atoms with Crippen molar-refractivity contribution in [2.45, 2.75) is 110 Å². The van der Waals surface area contributed by atoms with Crippen LogP contribution in [0.15, 0.2) is 91.0 Å². The second-order valence-corrected chi connectivity index (χ2v) is 23.1. The van der Waals surface area contributed by atoms with Gasteiger partial charge in [0.25, 0.3) is 5.91 Å². The largest absolute Gasteiger partial charge is 0.490 e. The zero-order valence-corrected chi connectivity index (χ0v) is 45.0. The number of piperidine rings is 1. The van der Waals surface area contributed by atoms with Crippen LogP contribution in [-0.2, 0) is 34.3 Å². The van der Waals surface area contributed by atoms with E-state index >= 15 is 0 Å². The van der Waals surface area contributed by atoms with Gasteiger partial charge in [-0.1, -0.05) is 41.7 Å². The first kappa shape index (κ1) is 51.0. The van der Waals surface area contributed by atoms with Gasteiger partial charge in [-0.2, -0.15) is 5.10 Å². The number of rotatable bonds is 13. The number of nitrogens with one attached hydrogen (secondary N) is 2. The number of nitrogens with zero attached hydrogens (tertiary/aromatic N) is 7. The Morgan fingerprint density at radius 3 is 2.41 bits per heavy atom. The van der Waals surface area contributed by atoms with Crippen molar-refractivity contribution < 1.29 is 28.7 Å². The maximum Gasteiger partial charge on any atom is 0.358 e. The number of fused-ring (bicyclic) bond motifs is 3. The molecular formula is C60H67N9O6S. The number of anilines is 3. The minimum atomic E-state index is -0.723. The van der Waals surface area contributed by atoms with E-state index in [1.807, 2.05) is 93.2 Å². The molecule has 3 aliphatic heterocycles. The molecule has 7 aromatic rings. The molecule has 4 aliphatic rings. The van der Waals surface area contributed by atoms with Gasteiger partial charge >= 0.3 is 5.97 Å². The van der Waals surface area contributed by atoms with Crippen LogP contribution in [0.5, 0.6) is 5.75 Å². The second kappa shape index (κ2) is 21.5. The summed E-state index contributed by atoms with van der Waals surface area (Å²) >= 11 is 1.45. The van der Waals surface area contributed by atoms with Crippen LogP contribution in [0.25, 0.3) is 32.2 Å². The monoisotopic (exact) mass is 1040 g/mol. The summed E-state index contributed by atoms with van der Waals surface area (Å²) in [5.41, 5.74) is 8.52. The zero-order chi connectivity index (χ0) is 52.7. The van der Waals surface area contributed by atoms with Gasteiger partial charge in [0.15, 0.2) is 10.8 Å². The van der Waals surface area contributed by atoms with E-state index < -0.39 is 17.5 Å². The molecule has 1 unspecified atom stereocenters. The number of carbonyl (C=O) groups excluding carboxylic acids is 4. The van der Waals surface area contributed by atoms with Gasteiger partial charge in [-0.25, -0.2) is 14.8 Å². The molecule has 0 radical (unpaired) electrons. The first-order valence-corrected chi connectivity index (χ1v) is 27.8. The fraction of sp³-hybridized carbons (Fsp3) is 0.417. The maximum atomic E-state index is 14.0. The number of benzene rings is 4. The standard InChI is InChI=1S/C60H67N9O6S/c1-37-34-42(74-41-18-15-38(16-19-41)10-9-28-67-30-32-68(33-31-67)40-17-21-46-50(35-40)66(5)65-54(46)47-24-26-53(70)63-57(47)72)20-22-43(37)44-23-25-52(62-55(44)58(73)75-60(2,3)4)69-29-27-39-11-8-12-45(48(39)36-69)56(71)64-59-61-49-13-6-7-14-51(49)76-59/h6-8,11-14,17,20-23,25,34-35,38,41,47H,9-10,15-16,18-19,24,26-33,36H2,1-5H3,(H,61,64,71)(H,63,70,72)/t38-,41-,47?. The predicted octanol–water partition coefficient (Wildman–Crippen LogP) is 10.4. The van der Waals surface area contributed by atoms with E-state index in [4.69, 9.17) is 19.6 Å². The van der Waals surface area contributed by atoms with Crippen LogP contribution in [0.1, 0.15) is 121 Å². The average molecular weight is 1040 g/mol. The van der Waals surface area contributed by atoms with Gasteiger partial charge in [-0.3, -0.25) is 34.6 Å². The highest BCUT2D eigenvalue weighted by Gasteiger charge is 2.33. The summed E-state index contributed by atoms with van der Waals surface area (Å²) in [5, 5.41) is 11.8. The number of imide groups is 1. The number of aryl methyl sites for hydroxylation is 2. The van der Waals surface area contributed by atoms with E-state index in [0.29, 0.717) is 53.9 Å². The van der Waals surface area contributed by atoms with E-state index in [1.165, 1.54) is 29.9 Å². The Morgan fingerprint density at radius 1 is 0.829 bits per heavy atom. The fourth-order valence-corrected chi connectivity index (χ4v) is 12.5. The number of hydrogen-bond acceptors (Lipinski definition) is 13. The van der Waals surface area contributed by atoms with Gasteiger partial charge in [0.05, 0.1) is 33.4 Å². The summed E-state index contributed by atoms with van der Waals surface area (Å²) in [6.45, 7) is 13.9. The van der Waals surface area contributed by atoms with Gasteiger partial charge in [0.1, 0.15) is 17.2 Å². The molecular weight excluding hydrogens is 975 g/mol. The number of ether oxygens (including phenoxy) is 2. The third-order valence-corrected chi connectivity index (χ3v) is 16.6. The van der Waals surface area contributed by atoms with Crippen molar-refractivity contribution in [1.29, 1.82) is 0 Å². The molecule has 1 atom stereocenters. The zero-order valence-electron chi connectivity index (χ0n) is 44.2. The Bertz CT molecular complexity index is 3310. The Morgan fingerprint density at radius 2 is 1.63 bits per heavy atom. The van der Waals surface area contributed by atoms with Crippen molar-refractivity contribution >= 4 is 72.8 Å². The minimum absolute atomic E-state index is 0.163. The van der Waals surface area contributed by atoms with E-state index in [-0.39, 0.29) is 29.5 Å². The van der Waals surface area contributed by atoms with Crippen molar-refractivity contribution in [3.8, 4) is 16.9 Å². The van der Waals surface area contributed by atoms with Gasteiger partial charge in [0, 0.05) is 74.9 Å². The Balaban J connectivity index is 0.675. The van der Waals surface area contributed by atoms with Crippen LogP contribution in [0.4, 0.5) is 16.6 Å². The van der Waals surface area contributed by atoms with Crippen molar-refractivity contribution in [1.82, 2.24) is 30.0 Å². The molecule has 3 fully saturated rings. The number of hydrogen-bond donors (Lipinski definition) is 2. The number of thiazole rings is 1. The van der Waals surface area contributed by atoms with Gasteiger partial charge in [-0.05, 0) is 174 Å². The smallest absolute Gasteiger partial charge is 0.358 e. The molecule has 394 valence electrons. The van der Waals surface area contributed by atoms with E-state index in [0.717, 1.165) is 120 Å². The number of carbonyl (C=O) groups is 4. The third-order valence-electron chi connectivity index (χ3n) is 15.7. The molecule has 76 heavy (non-hydrogen) atoms. The SMILES string of the molecule is Cc1cc(O[C@H]2CC[C@H](CCCN3CCN(c4ccc5c(C6CCC(=O)NC6=O)nn(C)c5c4)CC3)CC2)ccc1-c1ccc(N2CCc3cccc(C(=O)Nc4nc5ccccc5s4)c3C2)nc1C(=O)OC(C)(C)C. The summed E-state index contributed by atoms with van der Waals surface area (Å²) in [7, 11) is 1.92. The van der Waals surface area contributed by atoms with Crippen LogP contribution in [0.2, 0.25) is 0 Å². The lowest BCUT2D eigenvalue weighted by atomic mass is 9.84. The van der Waals surface area contributed by atoms with Gasteiger partial charge in [0.2, 0.25) is 11.8 Å². The molecule has 6 heterocycles. The van der Waals surface area contributed by atoms with Crippen LogP contribution >= 0.6 is 11.3 Å². The number of para-hydroxylation sites is 1. The van der Waals surface area contributed by atoms with Gasteiger partial charge < -0.3 is 19.3 Å². The summed E-state index contributed by atoms with van der Waals surface area (Å²) in [4.78, 5) is 69.0. The Kier molecular flexibility index (Phi) is 14.4. The summed E-state index contributed by atoms with van der Waals surface area (Å²) in [6.07, 6.45) is 8.53. The highest BCUT2D eigenvalue weighted by molar-refractivity contribution is 7.22. The van der Waals surface area contributed by atoms with Crippen molar-refractivity contribution in [3.05, 3.63) is 125 Å². The first-order valence-electron chi connectivity index (χ1n) is 27.0. The first-order chi connectivity index (χ1) is 36.7. The Labute approximate surface area is 448 Å². The van der Waals surface area contributed by atoms with Crippen molar-refractivity contribution in [3.63, 3.8) is 0 Å². The van der Waals surface area contributed by atoms with Crippen LogP contribution in [0.3, 0.4) is 0 Å². The molecule has 4 aromatic carbocycles. The van der Waals surface area contributed by atoms with Crippen LogP contribution in [-0.4, -0.2) is 99.3 Å². The fourth-order valence-electron chi connectivity index (χ4n) is 11.7. The highest BCUT2D eigenvalue weighted by Crippen LogP contribution is 2.37. The normalized spacial score (nSPS) is 19.4. The molecule has 2 N–H and O–H groups in total. The molecule has 1 aliphatic carbocycles. The molecule has 11 rings (SSSR count). The molecule has 15 nitrogen and oxygen atoms in total. The lowest BCUT2D eigenvalue weighted by Gasteiger charge is -2.36. The van der Waals surface area contributed by atoms with Crippen LogP contribution in [0, 0.1) is 12.8 Å². The Hall–Kier alpha value is -7.17.